The summed E-state index contributed by atoms with van der Waals surface area (Å²) in [5.74, 6) is -0.161. The van der Waals surface area contributed by atoms with Gasteiger partial charge in [-0.25, -0.2) is 0 Å². The van der Waals surface area contributed by atoms with E-state index in [1.807, 2.05) is 6.92 Å². The standard InChI is InChI=1S/C17H22N2O2/c1-4-21-17(20)11-19-15-6-5-12(2)9-14(15)13-7-8-18(3)10-16(13)19/h5-6,9H,4,7-8,10-11H2,1-3H3. The van der Waals surface area contributed by atoms with E-state index in [-0.39, 0.29) is 5.97 Å². The molecule has 1 aliphatic rings. The predicted molar refractivity (Wildman–Crippen MR) is 83.3 cm³/mol. The molecule has 0 unspecified atom stereocenters. The summed E-state index contributed by atoms with van der Waals surface area (Å²) in [5, 5.41) is 1.29. The Labute approximate surface area is 125 Å². The Hall–Kier alpha value is -1.81. The number of rotatable bonds is 3. The number of nitrogens with zero attached hydrogens (tertiary/aromatic N) is 2. The highest BCUT2D eigenvalue weighted by Crippen LogP contribution is 2.31. The van der Waals surface area contributed by atoms with Crippen molar-refractivity contribution in [2.24, 2.45) is 0 Å². The zero-order valence-corrected chi connectivity index (χ0v) is 13.0. The summed E-state index contributed by atoms with van der Waals surface area (Å²) in [4.78, 5) is 14.2. The normalized spacial score (nSPS) is 15.2. The second-order valence-electron chi connectivity index (χ2n) is 5.82. The van der Waals surface area contributed by atoms with E-state index in [9.17, 15) is 4.79 Å². The number of hydrogen-bond donors (Lipinski definition) is 0. The minimum absolute atomic E-state index is 0.161. The van der Waals surface area contributed by atoms with Gasteiger partial charge in [-0.1, -0.05) is 11.6 Å². The first-order chi connectivity index (χ1) is 10.1. The van der Waals surface area contributed by atoms with E-state index in [1.165, 1.54) is 22.2 Å². The molecule has 0 radical (unpaired) electrons. The number of carbonyl (C=O) groups excluding carboxylic acids is 1. The topological polar surface area (TPSA) is 34.5 Å². The third-order valence-electron chi connectivity index (χ3n) is 4.20. The largest absolute Gasteiger partial charge is 0.465 e. The minimum atomic E-state index is -0.161. The lowest BCUT2D eigenvalue weighted by Crippen LogP contribution is -2.28. The van der Waals surface area contributed by atoms with Crippen molar-refractivity contribution >= 4 is 16.9 Å². The number of aromatic nitrogens is 1. The van der Waals surface area contributed by atoms with Gasteiger partial charge in [-0.3, -0.25) is 4.79 Å². The minimum Gasteiger partial charge on any atom is -0.465 e. The van der Waals surface area contributed by atoms with E-state index in [0.717, 1.165) is 25.0 Å². The van der Waals surface area contributed by atoms with Gasteiger partial charge in [-0.15, -0.1) is 0 Å². The van der Waals surface area contributed by atoms with Crippen LogP contribution in [-0.4, -0.2) is 35.6 Å². The van der Waals surface area contributed by atoms with Gasteiger partial charge in [-0.05, 0) is 45.0 Å². The molecule has 2 heterocycles. The van der Waals surface area contributed by atoms with Crippen LogP contribution < -0.4 is 0 Å². The summed E-state index contributed by atoms with van der Waals surface area (Å²) in [6, 6.07) is 6.47. The van der Waals surface area contributed by atoms with Crippen LogP contribution in [0.5, 0.6) is 0 Å². The van der Waals surface area contributed by atoms with Gasteiger partial charge in [0, 0.05) is 29.7 Å². The Kier molecular flexibility index (Phi) is 3.72. The number of likely N-dealkylation sites (N-methyl/N-ethyl adjacent to an activating group) is 1. The Bertz CT molecular complexity index is 688. The monoisotopic (exact) mass is 286 g/mol. The fourth-order valence-electron chi connectivity index (χ4n) is 3.20. The van der Waals surface area contributed by atoms with Crippen LogP contribution >= 0.6 is 0 Å². The number of hydrogen-bond acceptors (Lipinski definition) is 3. The van der Waals surface area contributed by atoms with Crippen molar-refractivity contribution in [1.82, 2.24) is 9.47 Å². The van der Waals surface area contributed by atoms with Crippen LogP contribution in [0.2, 0.25) is 0 Å². The third kappa shape index (κ3) is 2.56. The van der Waals surface area contributed by atoms with Crippen LogP contribution in [0.25, 0.3) is 10.9 Å². The second kappa shape index (κ2) is 5.53. The molecular weight excluding hydrogens is 264 g/mol. The molecule has 0 saturated heterocycles. The number of aryl methyl sites for hydroxylation is 1. The maximum atomic E-state index is 11.9. The number of fused-ring (bicyclic) bond motifs is 3. The first kappa shape index (κ1) is 14.1. The van der Waals surface area contributed by atoms with Crippen molar-refractivity contribution in [2.75, 3.05) is 20.2 Å². The highest BCUT2D eigenvalue weighted by molar-refractivity contribution is 5.88. The number of carbonyl (C=O) groups is 1. The molecule has 1 aromatic heterocycles. The maximum absolute atomic E-state index is 11.9. The molecule has 112 valence electrons. The second-order valence-corrected chi connectivity index (χ2v) is 5.82. The summed E-state index contributed by atoms with van der Waals surface area (Å²) < 4.78 is 7.27. The van der Waals surface area contributed by atoms with E-state index in [1.54, 1.807) is 0 Å². The van der Waals surface area contributed by atoms with Crippen LogP contribution in [0.4, 0.5) is 0 Å². The fraction of sp³-hybridized carbons (Fsp3) is 0.471. The van der Waals surface area contributed by atoms with Gasteiger partial charge < -0.3 is 14.2 Å². The van der Waals surface area contributed by atoms with E-state index in [4.69, 9.17) is 4.74 Å². The lowest BCUT2D eigenvalue weighted by atomic mass is 10.0. The maximum Gasteiger partial charge on any atom is 0.325 e. The van der Waals surface area contributed by atoms with E-state index < -0.39 is 0 Å². The highest BCUT2D eigenvalue weighted by Gasteiger charge is 2.23. The average molecular weight is 286 g/mol. The number of benzene rings is 1. The molecule has 0 amide bonds. The number of esters is 1. The molecule has 4 heteroatoms. The molecule has 4 nitrogen and oxygen atoms in total. The quantitative estimate of drug-likeness (QED) is 0.813. The third-order valence-corrected chi connectivity index (χ3v) is 4.20. The molecule has 0 fully saturated rings. The summed E-state index contributed by atoms with van der Waals surface area (Å²) in [5.41, 5.74) is 5.07. The molecule has 1 aromatic carbocycles. The highest BCUT2D eigenvalue weighted by atomic mass is 16.5. The van der Waals surface area contributed by atoms with Crippen molar-refractivity contribution in [1.29, 1.82) is 0 Å². The lowest BCUT2D eigenvalue weighted by molar-refractivity contribution is -0.143. The lowest BCUT2D eigenvalue weighted by Gasteiger charge is -2.24. The van der Waals surface area contributed by atoms with Crippen molar-refractivity contribution < 1.29 is 9.53 Å². The molecule has 21 heavy (non-hydrogen) atoms. The molecule has 0 N–H and O–H groups in total. The first-order valence-corrected chi connectivity index (χ1v) is 7.55. The Balaban J connectivity index is 2.12. The average Bonchev–Trinajstić information content (AvgIpc) is 2.72. The van der Waals surface area contributed by atoms with Crippen molar-refractivity contribution in [3.05, 3.63) is 35.0 Å². The zero-order valence-electron chi connectivity index (χ0n) is 13.0. The van der Waals surface area contributed by atoms with Gasteiger partial charge in [0.15, 0.2) is 0 Å². The molecular formula is C17H22N2O2. The van der Waals surface area contributed by atoms with Crippen LogP contribution in [0.1, 0.15) is 23.7 Å². The fourth-order valence-corrected chi connectivity index (χ4v) is 3.20. The van der Waals surface area contributed by atoms with Gasteiger partial charge in [0.05, 0.1) is 6.61 Å². The molecule has 0 aliphatic carbocycles. The smallest absolute Gasteiger partial charge is 0.325 e. The Morgan fingerprint density at radius 2 is 2.19 bits per heavy atom. The predicted octanol–water partition coefficient (Wildman–Crippen LogP) is 2.50. The van der Waals surface area contributed by atoms with Crippen molar-refractivity contribution in [3.8, 4) is 0 Å². The molecule has 0 saturated carbocycles. The summed E-state index contributed by atoms with van der Waals surface area (Å²) in [6.07, 6.45) is 1.04. The van der Waals surface area contributed by atoms with Gasteiger partial charge in [0.1, 0.15) is 6.54 Å². The zero-order chi connectivity index (χ0) is 15.0. The molecule has 0 bridgehead atoms. The number of ether oxygens (including phenoxy) is 1. The van der Waals surface area contributed by atoms with Crippen LogP contribution in [0.3, 0.4) is 0 Å². The summed E-state index contributed by atoms with van der Waals surface area (Å²) >= 11 is 0. The van der Waals surface area contributed by atoms with E-state index in [0.29, 0.717) is 13.2 Å². The molecule has 0 spiro atoms. The molecule has 2 aromatic rings. The van der Waals surface area contributed by atoms with Gasteiger partial charge in [0.2, 0.25) is 0 Å². The van der Waals surface area contributed by atoms with Crippen LogP contribution in [-0.2, 0) is 29.0 Å². The Morgan fingerprint density at radius 3 is 2.95 bits per heavy atom. The van der Waals surface area contributed by atoms with E-state index >= 15 is 0 Å². The molecule has 0 atom stereocenters. The van der Waals surface area contributed by atoms with E-state index in [2.05, 4.69) is 41.6 Å². The van der Waals surface area contributed by atoms with Crippen LogP contribution in [0.15, 0.2) is 18.2 Å². The summed E-state index contributed by atoms with van der Waals surface area (Å²) in [7, 11) is 2.13. The van der Waals surface area contributed by atoms with Gasteiger partial charge in [-0.2, -0.15) is 0 Å². The van der Waals surface area contributed by atoms with Crippen molar-refractivity contribution in [2.45, 2.75) is 33.4 Å². The SMILES string of the molecule is CCOC(=O)Cn1c2c(c3cc(C)ccc31)CCN(C)C2. The summed E-state index contributed by atoms with van der Waals surface area (Å²) in [6.45, 7) is 6.65. The first-order valence-electron chi connectivity index (χ1n) is 7.55. The van der Waals surface area contributed by atoms with Gasteiger partial charge in [0.25, 0.3) is 0 Å². The molecule has 1 aliphatic heterocycles. The molecule has 3 rings (SSSR count). The van der Waals surface area contributed by atoms with Crippen LogP contribution in [0, 0.1) is 6.92 Å². The Morgan fingerprint density at radius 1 is 1.38 bits per heavy atom. The van der Waals surface area contributed by atoms with Crippen molar-refractivity contribution in [3.63, 3.8) is 0 Å². The van der Waals surface area contributed by atoms with Gasteiger partial charge >= 0.3 is 5.97 Å².